The Hall–Kier alpha value is -0.930. The van der Waals surface area contributed by atoms with Crippen LogP contribution in [0.25, 0.3) is 0 Å². The molecule has 0 spiro atoms. The molecule has 1 aromatic rings. The second kappa shape index (κ2) is 9.89. The van der Waals surface area contributed by atoms with E-state index in [-0.39, 0.29) is 5.82 Å². The number of benzene rings is 1. The minimum Gasteiger partial charge on any atom is -0.330 e. The van der Waals surface area contributed by atoms with Crippen LogP contribution in [0.15, 0.2) is 24.3 Å². The summed E-state index contributed by atoms with van der Waals surface area (Å²) in [5.41, 5.74) is 6.44. The molecule has 1 atom stereocenters. The van der Waals surface area contributed by atoms with Gasteiger partial charge in [0.15, 0.2) is 0 Å². The van der Waals surface area contributed by atoms with Crippen LogP contribution in [0.4, 0.5) is 4.39 Å². The molecule has 0 saturated heterocycles. The lowest BCUT2D eigenvalue weighted by Crippen LogP contribution is -2.20. The lowest BCUT2D eigenvalue weighted by Gasteiger charge is -2.20. The molecule has 1 rings (SSSR count). The summed E-state index contributed by atoms with van der Waals surface area (Å²) in [6.07, 6.45) is 6.02. The molecule has 2 N–H and O–H groups in total. The van der Waals surface area contributed by atoms with Crippen LogP contribution in [0.2, 0.25) is 0 Å². The van der Waals surface area contributed by atoms with E-state index in [1.807, 2.05) is 12.1 Å². The molecule has 0 aliphatic heterocycles. The van der Waals surface area contributed by atoms with Gasteiger partial charge in [-0.15, -0.1) is 0 Å². The van der Waals surface area contributed by atoms with Crippen molar-refractivity contribution in [3.05, 3.63) is 35.6 Å². The van der Waals surface area contributed by atoms with Gasteiger partial charge in [-0.3, -0.25) is 0 Å². The van der Waals surface area contributed by atoms with Gasteiger partial charge in [0.1, 0.15) is 5.82 Å². The highest BCUT2D eigenvalue weighted by Gasteiger charge is 2.09. The molecule has 0 aliphatic carbocycles. The van der Waals surface area contributed by atoms with E-state index in [4.69, 9.17) is 5.73 Å². The summed E-state index contributed by atoms with van der Waals surface area (Å²) in [4.78, 5) is 2.20. The molecule has 0 saturated carbocycles. The van der Waals surface area contributed by atoms with Crippen molar-refractivity contribution in [2.45, 2.75) is 45.6 Å². The Morgan fingerprint density at radius 1 is 1.20 bits per heavy atom. The SMILES string of the molecule is CCCC(CCN)CCCN(C)Cc1ccccc1F. The molecule has 20 heavy (non-hydrogen) atoms. The van der Waals surface area contributed by atoms with Crippen LogP contribution in [0.5, 0.6) is 0 Å². The third kappa shape index (κ3) is 6.49. The van der Waals surface area contributed by atoms with Gasteiger partial charge in [-0.2, -0.15) is 0 Å². The predicted molar refractivity (Wildman–Crippen MR) is 84.0 cm³/mol. The topological polar surface area (TPSA) is 29.3 Å². The monoisotopic (exact) mass is 280 g/mol. The van der Waals surface area contributed by atoms with E-state index in [2.05, 4.69) is 18.9 Å². The second-order valence-electron chi connectivity index (χ2n) is 5.70. The summed E-state index contributed by atoms with van der Waals surface area (Å²) in [6, 6.07) is 7.02. The standard InChI is InChI=1S/C17H29FN2/c1-3-7-15(11-12-19)8-6-13-20(2)14-16-9-4-5-10-17(16)18/h4-5,9-10,15H,3,6-8,11-14,19H2,1-2H3. The van der Waals surface area contributed by atoms with Gasteiger partial charge in [0.2, 0.25) is 0 Å². The lowest BCUT2D eigenvalue weighted by molar-refractivity contribution is 0.294. The third-order valence-corrected chi connectivity index (χ3v) is 3.82. The van der Waals surface area contributed by atoms with Gasteiger partial charge < -0.3 is 10.6 Å². The van der Waals surface area contributed by atoms with Crippen molar-refractivity contribution in [2.75, 3.05) is 20.1 Å². The van der Waals surface area contributed by atoms with Crippen LogP contribution in [0, 0.1) is 11.7 Å². The number of nitrogens with two attached hydrogens (primary N) is 1. The summed E-state index contributed by atoms with van der Waals surface area (Å²) in [6.45, 7) is 4.71. The Bertz CT molecular complexity index is 362. The molecular weight excluding hydrogens is 251 g/mol. The Kier molecular flexibility index (Phi) is 8.47. The zero-order valence-corrected chi connectivity index (χ0v) is 12.9. The maximum atomic E-state index is 13.6. The fourth-order valence-electron chi connectivity index (χ4n) is 2.72. The highest BCUT2D eigenvalue weighted by Crippen LogP contribution is 2.17. The van der Waals surface area contributed by atoms with Crippen molar-refractivity contribution in [2.24, 2.45) is 11.7 Å². The van der Waals surface area contributed by atoms with Crippen LogP contribution in [0.1, 0.15) is 44.6 Å². The van der Waals surface area contributed by atoms with Gasteiger partial charge in [0.25, 0.3) is 0 Å². The molecule has 0 bridgehead atoms. The largest absolute Gasteiger partial charge is 0.330 e. The zero-order valence-electron chi connectivity index (χ0n) is 12.9. The smallest absolute Gasteiger partial charge is 0.127 e. The number of hydrogen-bond donors (Lipinski definition) is 1. The zero-order chi connectivity index (χ0) is 14.8. The average molecular weight is 280 g/mol. The highest BCUT2D eigenvalue weighted by molar-refractivity contribution is 5.16. The van der Waals surface area contributed by atoms with E-state index in [0.29, 0.717) is 6.54 Å². The van der Waals surface area contributed by atoms with E-state index in [9.17, 15) is 4.39 Å². The number of hydrogen-bond acceptors (Lipinski definition) is 2. The molecule has 114 valence electrons. The van der Waals surface area contributed by atoms with Crippen molar-refractivity contribution in [3.63, 3.8) is 0 Å². The first kappa shape index (κ1) is 17.1. The molecule has 1 unspecified atom stereocenters. The van der Waals surface area contributed by atoms with Crippen molar-refractivity contribution >= 4 is 0 Å². The first-order valence-electron chi connectivity index (χ1n) is 7.79. The molecule has 0 aromatic heterocycles. The highest BCUT2D eigenvalue weighted by atomic mass is 19.1. The fraction of sp³-hybridized carbons (Fsp3) is 0.647. The van der Waals surface area contributed by atoms with Gasteiger partial charge in [-0.25, -0.2) is 4.39 Å². The molecule has 0 radical (unpaired) electrons. The van der Waals surface area contributed by atoms with E-state index < -0.39 is 0 Å². The van der Waals surface area contributed by atoms with E-state index in [0.717, 1.165) is 37.4 Å². The van der Waals surface area contributed by atoms with Crippen LogP contribution >= 0.6 is 0 Å². The van der Waals surface area contributed by atoms with Gasteiger partial charge in [0, 0.05) is 12.1 Å². The van der Waals surface area contributed by atoms with Crippen molar-refractivity contribution in [1.82, 2.24) is 4.90 Å². The fourth-order valence-corrected chi connectivity index (χ4v) is 2.72. The number of nitrogens with zero attached hydrogens (tertiary/aromatic N) is 1. The second-order valence-corrected chi connectivity index (χ2v) is 5.70. The quantitative estimate of drug-likeness (QED) is 0.706. The molecule has 0 heterocycles. The Morgan fingerprint density at radius 3 is 2.60 bits per heavy atom. The maximum Gasteiger partial charge on any atom is 0.127 e. The first-order valence-corrected chi connectivity index (χ1v) is 7.79. The first-order chi connectivity index (χ1) is 9.67. The summed E-state index contributed by atoms with van der Waals surface area (Å²) in [5, 5.41) is 0. The molecular formula is C17H29FN2. The summed E-state index contributed by atoms with van der Waals surface area (Å²) >= 11 is 0. The Labute approximate surface area is 123 Å². The normalized spacial score (nSPS) is 12.8. The van der Waals surface area contributed by atoms with Gasteiger partial charge in [0.05, 0.1) is 0 Å². The summed E-state index contributed by atoms with van der Waals surface area (Å²) in [7, 11) is 2.06. The van der Waals surface area contributed by atoms with Crippen LogP contribution in [-0.4, -0.2) is 25.0 Å². The minimum atomic E-state index is -0.105. The summed E-state index contributed by atoms with van der Waals surface area (Å²) in [5.74, 6) is 0.651. The molecule has 2 nitrogen and oxygen atoms in total. The molecule has 0 fully saturated rings. The van der Waals surface area contributed by atoms with Gasteiger partial charge >= 0.3 is 0 Å². The molecule has 0 aliphatic rings. The van der Waals surface area contributed by atoms with E-state index in [1.54, 1.807) is 6.07 Å². The summed E-state index contributed by atoms with van der Waals surface area (Å²) < 4.78 is 13.6. The van der Waals surface area contributed by atoms with Gasteiger partial charge in [-0.1, -0.05) is 38.0 Å². The van der Waals surface area contributed by atoms with Crippen molar-refractivity contribution < 1.29 is 4.39 Å². The van der Waals surface area contributed by atoms with E-state index in [1.165, 1.54) is 25.3 Å². The molecule has 0 amide bonds. The third-order valence-electron chi connectivity index (χ3n) is 3.82. The number of halogens is 1. The van der Waals surface area contributed by atoms with Crippen molar-refractivity contribution in [1.29, 1.82) is 0 Å². The van der Waals surface area contributed by atoms with Crippen LogP contribution in [0.3, 0.4) is 0 Å². The Morgan fingerprint density at radius 2 is 1.95 bits per heavy atom. The molecule has 1 aromatic carbocycles. The van der Waals surface area contributed by atoms with Crippen LogP contribution in [-0.2, 0) is 6.54 Å². The lowest BCUT2D eigenvalue weighted by atomic mass is 9.94. The van der Waals surface area contributed by atoms with Crippen molar-refractivity contribution in [3.8, 4) is 0 Å². The van der Waals surface area contributed by atoms with Crippen LogP contribution < -0.4 is 5.73 Å². The number of rotatable bonds is 10. The average Bonchev–Trinajstić information content (AvgIpc) is 2.42. The maximum absolute atomic E-state index is 13.6. The van der Waals surface area contributed by atoms with Gasteiger partial charge in [-0.05, 0) is 51.4 Å². The predicted octanol–water partition coefficient (Wildman–Crippen LogP) is 3.80. The van der Waals surface area contributed by atoms with E-state index >= 15 is 0 Å². The minimum absolute atomic E-state index is 0.105. The Balaban J connectivity index is 2.29. The molecule has 3 heteroatoms.